The van der Waals surface area contributed by atoms with E-state index in [-0.39, 0.29) is 11.4 Å². The highest BCUT2D eigenvalue weighted by Crippen LogP contribution is 2.31. The number of nitro benzene ring substituents is 1. The van der Waals surface area contributed by atoms with Gasteiger partial charge in [-0.05, 0) is 34.0 Å². The van der Waals surface area contributed by atoms with Crippen molar-refractivity contribution in [1.82, 2.24) is 0 Å². The summed E-state index contributed by atoms with van der Waals surface area (Å²) in [5, 5.41) is 25.2. The molecule has 0 aliphatic carbocycles. The Hall–Kier alpha value is -2.41. The van der Waals surface area contributed by atoms with Crippen molar-refractivity contribution < 1.29 is 14.8 Å². The van der Waals surface area contributed by atoms with Gasteiger partial charge in [-0.2, -0.15) is 11.3 Å². The van der Waals surface area contributed by atoms with Gasteiger partial charge in [0.15, 0.2) is 0 Å². The van der Waals surface area contributed by atoms with Crippen LogP contribution < -0.4 is 5.32 Å². The van der Waals surface area contributed by atoms with Gasteiger partial charge in [0.05, 0.1) is 4.92 Å². The molecule has 0 unspecified atom stereocenters. The first-order valence-electron chi connectivity index (χ1n) is 4.89. The molecule has 0 aliphatic heterocycles. The Morgan fingerprint density at radius 1 is 1.33 bits per heavy atom. The van der Waals surface area contributed by atoms with Gasteiger partial charge in [0.2, 0.25) is 0 Å². The zero-order valence-electron chi connectivity index (χ0n) is 8.99. The zero-order valence-corrected chi connectivity index (χ0v) is 9.81. The monoisotopic (exact) mass is 264 g/mol. The van der Waals surface area contributed by atoms with Gasteiger partial charge < -0.3 is 5.11 Å². The molecule has 1 aromatic heterocycles. The van der Waals surface area contributed by atoms with E-state index in [1.54, 1.807) is 6.07 Å². The fraction of sp³-hybridized carbons (Fsp3) is 0. The minimum atomic E-state index is -1.33. The summed E-state index contributed by atoms with van der Waals surface area (Å²) in [4.78, 5) is 20.8. The maximum atomic E-state index is 10.9. The largest absolute Gasteiger partial charge is 0.465 e. The van der Waals surface area contributed by atoms with Gasteiger partial charge >= 0.3 is 6.09 Å². The summed E-state index contributed by atoms with van der Waals surface area (Å²) in [7, 11) is 0. The highest BCUT2D eigenvalue weighted by molar-refractivity contribution is 7.08. The molecule has 1 amide bonds. The van der Waals surface area contributed by atoms with Crippen molar-refractivity contribution >= 4 is 28.8 Å². The van der Waals surface area contributed by atoms with E-state index >= 15 is 0 Å². The second-order valence-corrected chi connectivity index (χ2v) is 4.21. The Morgan fingerprint density at radius 2 is 2.11 bits per heavy atom. The minimum absolute atomic E-state index is 0.0357. The molecule has 0 saturated carbocycles. The summed E-state index contributed by atoms with van der Waals surface area (Å²) in [5.74, 6) is 0. The lowest BCUT2D eigenvalue weighted by Gasteiger charge is -2.04. The second-order valence-electron chi connectivity index (χ2n) is 3.43. The molecule has 2 aromatic rings. The Labute approximate surface area is 106 Å². The van der Waals surface area contributed by atoms with Gasteiger partial charge in [0, 0.05) is 6.07 Å². The predicted octanol–water partition coefficient (Wildman–Crippen LogP) is 3.41. The van der Waals surface area contributed by atoms with Gasteiger partial charge in [0.1, 0.15) is 5.69 Å². The number of nitro groups is 1. The third kappa shape index (κ3) is 2.46. The molecule has 0 fully saturated rings. The summed E-state index contributed by atoms with van der Waals surface area (Å²) in [5.41, 5.74) is 1.25. The molecule has 0 saturated heterocycles. The maximum absolute atomic E-state index is 10.9. The van der Waals surface area contributed by atoms with Crippen LogP contribution in [0.4, 0.5) is 16.2 Å². The molecular weight excluding hydrogens is 256 g/mol. The number of nitrogens with one attached hydrogen (secondary N) is 1. The molecule has 7 heteroatoms. The van der Waals surface area contributed by atoms with Crippen LogP contribution in [0.25, 0.3) is 11.1 Å². The molecule has 0 spiro atoms. The van der Waals surface area contributed by atoms with Crippen molar-refractivity contribution in [1.29, 1.82) is 0 Å². The summed E-state index contributed by atoms with van der Waals surface area (Å²) in [6, 6.07) is 6.22. The van der Waals surface area contributed by atoms with Gasteiger partial charge in [0.25, 0.3) is 5.69 Å². The Bertz CT molecular complexity index is 595. The molecular formula is C11H8N2O4S. The van der Waals surface area contributed by atoms with Crippen LogP contribution in [0.1, 0.15) is 0 Å². The fourth-order valence-electron chi connectivity index (χ4n) is 1.51. The maximum Gasteiger partial charge on any atom is 0.409 e. The number of rotatable bonds is 3. The van der Waals surface area contributed by atoms with Crippen LogP contribution >= 0.6 is 11.3 Å². The van der Waals surface area contributed by atoms with E-state index in [4.69, 9.17) is 5.11 Å². The molecule has 1 heterocycles. The topological polar surface area (TPSA) is 92.5 Å². The van der Waals surface area contributed by atoms with Crippen LogP contribution in [-0.2, 0) is 0 Å². The SMILES string of the molecule is O=C(O)Nc1ccc(-c2ccsc2)cc1[N+](=O)[O-]. The number of benzene rings is 1. The van der Waals surface area contributed by atoms with Crippen molar-refractivity contribution in [3.05, 3.63) is 45.1 Å². The van der Waals surface area contributed by atoms with Gasteiger partial charge in [-0.1, -0.05) is 6.07 Å². The number of carbonyl (C=O) groups is 1. The van der Waals surface area contributed by atoms with E-state index in [2.05, 4.69) is 0 Å². The summed E-state index contributed by atoms with van der Waals surface area (Å²) in [6.07, 6.45) is -1.33. The Balaban J connectivity index is 2.46. The van der Waals surface area contributed by atoms with E-state index in [9.17, 15) is 14.9 Å². The molecule has 0 bridgehead atoms. The average molecular weight is 264 g/mol. The number of anilines is 1. The van der Waals surface area contributed by atoms with E-state index in [1.807, 2.05) is 22.1 Å². The predicted molar refractivity (Wildman–Crippen MR) is 68.1 cm³/mol. The highest BCUT2D eigenvalue weighted by Gasteiger charge is 2.16. The number of hydrogen-bond acceptors (Lipinski definition) is 4. The second kappa shape index (κ2) is 4.84. The number of nitrogens with zero attached hydrogens (tertiary/aromatic N) is 1. The first-order chi connectivity index (χ1) is 8.58. The molecule has 0 radical (unpaired) electrons. The molecule has 0 atom stereocenters. The lowest BCUT2D eigenvalue weighted by atomic mass is 10.1. The average Bonchev–Trinajstić information content (AvgIpc) is 2.82. The van der Waals surface area contributed by atoms with Gasteiger partial charge in [-0.3, -0.25) is 15.4 Å². The first-order valence-corrected chi connectivity index (χ1v) is 5.83. The molecule has 0 aliphatic rings. The molecule has 2 N–H and O–H groups in total. The third-order valence-electron chi connectivity index (χ3n) is 2.29. The summed E-state index contributed by atoms with van der Waals surface area (Å²) < 4.78 is 0. The van der Waals surface area contributed by atoms with Crippen LogP contribution in [0.3, 0.4) is 0 Å². The van der Waals surface area contributed by atoms with E-state index < -0.39 is 11.0 Å². The Morgan fingerprint density at radius 3 is 2.67 bits per heavy atom. The lowest BCUT2D eigenvalue weighted by molar-refractivity contribution is -0.383. The lowest BCUT2D eigenvalue weighted by Crippen LogP contribution is -2.09. The van der Waals surface area contributed by atoms with E-state index in [0.717, 1.165) is 5.56 Å². The first kappa shape index (κ1) is 12.1. The molecule has 1 aromatic carbocycles. The molecule has 6 nitrogen and oxygen atoms in total. The van der Waals surface area contributed by atoms with Gasteiger partial charge in [-0.25, -0.2) is 4.79 Å². The number of amides is 1. The normalized spacial score (nSPS) is 10.0. The molecule has 18 heavy (non-hydrogen) atoms. The van der Waals surface area contributed by atoms with Crippen LogP contribution in [0.15, 0.2) is 35.0 Å². The van der Waals surface area contributed by atoms with Crippen molar-refractivity contribution in [3.8, 4) is 11.1 Å². The third-order valence-corrected chi connectivity index (χ3v) is 2.97. The van der Waals surface area contributed by atoms with E-state index in [0.29, 0.717) is 5.56 Å². The summed E-state index contributed by atoms with van der Waals surface area (Å²) >= 11 is 1.48. The van der Waals surface area contributed by atoms with Crippen molar-refractivity contribution in [2.24, 2.45) is 0 Å². The van der Waals surface area contributed by atoms with Crippen LogP contribution in [0, 0.1) is 10.1 Å². The summed E-state index contributed by atoms with van der Waals surface area (Å²) in [6.45, 7) is 0. The molecule has 92 valence electrons. The fourth-order valence-corrected chi connectivity index (χ4v) is 2.18. The standard InChI is InChI=1S/C11H8N2O4S/c14-11(15)12-9-2-1-7(5-10(9)13(16)17)8-3-4-18-6-8/h1-6,12H,(H,14,15). The number of hydrogen-bond donors (Lipinski definition) is 2. The smallest absolute Gasteiger partial charge is 0.409 e. The van der Waals surface area contributed by atoms with Crippen LogP contribution in [-0.4, -0.2) is 16.1 Å². The highest BCUT2D eigenvalue weighted by atomic mass is 32.1. The van der Waals surface area contributed by atoms with E-state index in [1.165, 1.54) is 23.5 Å². The Kier molecular flexibility index (Phi) is 3.24. The quantitative estimate of drug-likeness (QED) is 0.656. The van der Waals surface area contributed by atoms with Crippen LogP contribution in [0.5, 0.6) is 0 Å². The minimum Gasteiger partial charge on any atom is -0.465 e. The van der Waals surface area contributed by atoms with Crippen molar-refractivity contribution in [2.75, 3.05) is 5.32 Å². The van der Waals surface area contributed by atoms with Crippen molar-refractivity contribution in [3.63, 3.8) is 0 Å². The van der Waals surface area contributed by atoms with Crippen molar-refractivity contribution in [2.45, 2.75) is 0 Å². The number of thiophene rings is 1. The number of carboxylic acid groups (broad SMARTS) is 1. The van der Waals surface area contributed by atoms with Crippen LogP contribution in [0.2, 0.25) is 0 Å². The van der Waals surface area contributed by atoms with Gasteiger partial charge in [-0.15, -0.1) is 0 Å². The zero-order chi connectivity index (χ0) is 13.1. The molecule has 2 rings (SSSR count).